The number of fused-ring (bicyclic) bond motifs is 1. The fraction of sp³-hybridized carbons (Fsp3) is 0.294. The quantitative estimate of drug-likeness (QED) is 0.608. The zero-order valence-electron chi connectivity index (χ0n) is 13.2. The number of hydrogen-bond donors (Lipinski definition) is 0. The van der Waals surface area contributed by atoms with Gasteiger partial charge in [-0.1, -0.05) is 15.9 Å². The van der Waals surface area contributed by atoms with E-state index in [2.05, 4.69) is 20.9 Å². The molecule has 1 aliphatic rings. The first-order chi connectivity index (χ1) is 10.9. The van der Waals surface area contributed by atoms with Crippen LogP contribution in [0.2, 0.25) is 0 Å². The number of nitrogens with zero attached hydrogens (tertiary/aromatic N) is 2. The van der Waals surface area contributed by atoms with Crippen LogP contribution in [0, 0.1) is 5.21 Å². The van der Waals surface area contributed by atoms with Crippen molar-refractivity contribution in [1.29, 1.82) is 0 Å². The van der Waals surface area contributed by atoms with Gasteiger partial charge in [0.15, 0.2) is 17.7 Å². The molecule has 0 saturated heterocycles. The topological polar surface area (TPSA) is 57.8 Å². The van der Waals surface area contributed by atoms with Gasteiger partial charge in [-0.2, -0.15) is 4.73 Å². The van der Waals surface area contributed by atoms with Gasteiger partial charge in [0.25, 0.3) is 5.69 Å². The Morgan fingerprint density at radius 3 is 2.87 bits per heavy atom. The molecule has 0 unspecified atom stereocenters. The van der Waals surface area contributed by atoms with Crippen LogP contribution in [-0.4, -0.2) is 18.0 Å². The first-order valence-electron chi connectivity index (χ1n) is 7.35. The van der Waals surface area contributed by atoms with Crippen LogP contribution in [0.4, 0.5) is 0 Å². The summed E-state index contributed by atoms with van der Waals surface area (Å²) >= 11 is 3.46. The Morgan fingerprint density at radius 2 is 2.13 bits per heavy atom. The van der Waals surface area contributed by atoms with Crippen molar-refractivity contribution in [1.82, 2.24) is 0 Å². The van der Waals surface area contributed by atoms with Gasteiger partial charge in [0.2, 0.25) is 0 Å². The molecule has 0 spiro atoms. The fourth-order valence-corrected chi connectivity index (χ4v) is 2.90. The Labute approximate surface area is 143 Å². The first kappa shape index (κ1) is 15.8. The van der Waals surface area contributed by atoms with Crippen LogP contribution in [0.5, 0.6) is 11.5 Å². The lowest BCUT2D eigenvalue weighted by Gasteiger charge is -2.29. The summed E-state index contributed by atoms with van der Waals surface area (Å²) in [6, 6.07) is 9.10. The number of benzene rings is 1. The van der Waals surface area contributed by atoms with Gasteiger partial charge in [0.1, 0.15) is 11.5 Å². The van der Waals surface area contributed by atoms with Crippen LogP contribution in [0.1, 0.15) is 32.0 Å². The van der Waals surface area contributed by atoms with Gasteiger partial charge in [0, 0.05) is 10.5 Å². The summed E-state index contributed by atoms with van der Waals surface area (Å²) in [5, 5.41) is 12.4. The van der Waals surface area contributed by atoms with E-state index in [0.29, 0.717) is 29.5 Å². The van der Waals surface area contributed by atoms with Crippen LogP contribution in [-0.2, 0) is 0 Å². The van der Waals surface area contributed by atoms with Crippen molar-refractivity contribution in [3.63, 3.8) is 0 Å². The van der Waals surface area contributed by atoms with Gasteiger partial charge in [-0.25, -0.2) is 4.99 Å². The maximum atomic E-state index is 12.4. The van der Waals surface area contributed by atoms with Crippen molar-refractivity contribution < 1.29 is 14.2 Å². The molecule has 0 fully saturated rings. The smallest absolute Gasteiger partial charge is 0.285 e. The SMILES string of the molecule is CCOc1ccc[n+]([O-])c1C1=NC(C)(C)Oc2ccc(Br)cc21. The number of aliphatic imine (C=N–C) groups is 1. The number of pyridine rings is 1. The summed E-state index contributed by atoms with van der Waals surface area (Å²) in [5.74, 6) is 1.20. The second-order valence-corrected chi connectivity index (χ2v) is 6.55. The Balaban J connectivity index is 2.26. The monoisotopic (exact) mass is 376 g/mol. The number of ether oxygens (including phenoxy) is 2. The fourth-order valence-electron chi connectivity index (χ4n) is 2.54. The molecule has 0 radical (unpaired) electrons. The van der Waals surface area contributed by atoms with E-state index in [1.807, 2.05) is 39.0 Å². The lowest BCUT2D eigenvalue weighted by molar-refractivity contribution is -0.607. The molecule has 0 aliphatic carbocycles. The lowest BCUT2D eigenvalue weighted by atomic mass is 10.0. The number of rotatable bonds is 3. The van der Waals surface area contributed by atoms with E-state index in [4.69, 9.17) is 9.47 Å². The molecular weight excluding hydrogens is 360 g/mol. The second-order valence-electron chi connectivity index (χ2n) is 5.63. The molecule has 1 aromatic heterocycles. The molecule has 1 aliphatic heterocycles. The molecule has 5 nitrogen and oxygen atoms in total. The zero-order valence-corrected chi connectivity index (χ0v) is 14.8. The highest BCUT2D eigenvalue weighted by molar-refractivity contribution is 9.10. The Hall–Kier alpha value is -2.08. The summed E-state index contributed by atoms with van der Waals surface area (Å²) in [6.07, 6.45) is 1.44. The summed E-state index contributed by atoms with van der Waals surface area (Å²) in [4.78, 5) is 4.64. The van der Waals surface area contributed by atoms with Gasteiger partial charge in [-0.05, 0) is 45.0 Å². The third-order valence-corrected chi connectivity index (χ3v) is 3.88. The molecule has 0 N–H and O–H groups in total. The molecule has 6 heteroatoms. The Morgan fingerprint density at radius 1 is 1.35 bits per heavy atom. The molecular formula is C17H17BrN2O3. The van der Waals surface area contributed by atoms with Crippen LogP contribution in [0.3, 0.4) is 0 Å². The summed E-state index contributed by atoms with van der Waals surface area (Å²) in [5.41, 5.74) is 0.958. The van der Waals surface area contributed by atoms with Gasteiger partial charge < -0.3 is 14.7 Å². The maximum absolute atomic E-state index is 12.4. The van der Waals surface area contributed by atoms with Crippen LogP contribution < -0.4 is 14.2 Å². The molecule has 23 heavy (non-hydrogen) atoms. The van der Waals surface area contributed by atoms with Crippen molar-refractivity contribution in [2.75, 3.05) is 6.61 Å². The van der Waals surface area contributed by atoms with Crippen LogP contribution >= 0.6 is 15.9 Å². The lowest BCUT2D eigenvalue weighted by Crippen LogP contribution is -2.40. The molecule has 0 bridgehead atoms. The van der Waals surface area contributed by atoms with Crippen molar-refractivity contribution in [2.45, 2.75) is 26.5 Å². The van der Waals surface area contributed by atoms with Crippen molar-refractivity contribution >= 4 is 21.6 Å². The van der Waals surface area contributed by atoms with E-state index in [1.54, 1.807) is 12.1 Å². The van der Waals surface area contributed by atoms with Gasteiger partial charge in [-0.15, -0.1) is 0 Å². The molecule has 0 saturated carbocycles. The van der Waals surface area contributed by atoms with Gasteiger partial charge in [-0.3, -0.25) is 0 Å². The van der Waals surface area contributed by atoms with Crippen molar-refractivity contribution in [2.24, 2.45) is 4.99 Å². The standard InChI is InChI=1S/C17H17BrN2O3/c1-4-22-14-6-5-9-20(21)16(14)15-12-10-11(18)7-8-13(12)23-17(2,3)19-15/h5-10H,4H2,1-3H3. The average Bonchev–Trinajstić information content (AvgIpc) is 2.47. The largest absolute Gasteiger partial charge is 0.618 e. The molecule has 3 rings (SSSR count). The third-order valence-electron chi connectivity index (χ3n) is 3.38. The highest BCUT2D eigenvalue weighted by Gasteiger charge is 2.34. The van der Waals surface area contributed by atoms with Crippen molar-refractivity contribution in [3.05, 3.63) is 57.5 Å². The molecule has 0 amide bonds. The molecule has 2 aromatic rings. The van der Waals surface area contributed by atoms with E-state index in [-0.39, 0.29) is 0 Å². The predicted octanol–water partition coefficient (Wildman–Crippen LogP) is 3.45. The minimum Gasteiger partial charge on any atom is -0.618 e. The molecule has 2 heterocycles. The van der Waals surface area contributed by atoms with Gasteiger partial charge in [0.05, 0.1) is 12.2 Å². The Bertz CT molecular complexity index is 787. The number of halogens is 1. The number of aromatic nitrogens is 1. The second kappa shape index (κ2) is 5.85. The summed E-state index contributed by atoms with van der Waals surface area (Å²) in [6.45, 7) is 6.06. The van der Waals surface area contributed by atoms with Gasteiger partial charge >= 0.3 is 0 Å². The minimum atomic E-state index is -0.761. The van der Waals surface area contributed by atoms with Crippen molar-refractivity contribution in [3.8, 4) is 11.5 Å². The third kappa shape index (κ3) is 3.03. The maximum Gasteiger partial charge on any atom is 0.285 e. The zero-order chi connectivity index (χ0) is 16.6. The highest BCUT2D eigenvalue weighted by Crippen LogP contribution is 2.35. The van der Waals surface area contributed by atoms with E-state index >= 15 is 0 Å². The molecule has 0 atom stereocenters. The van der Waals surface area contributed by atoms with E-state index < -0.39 is 5.72 Å². The van der Waals surface area contributed by atoms with E-state index in [9.17, 15) is 5.21 Å². The van der Waals surface area contributed by atoms with Crippen LogP contribution in [0.15, 0.2) is 46.0 Å². The summed E-state index contributed by atoms with van der Waals surface area (Å²) < 4.78 is 13.2. The molecule has 120 valence electrons. The highest BCUT2D eigenvalue weighted by atomic mass is 79.9. The predicted molar refractivity (Wildman–Crippen MR) is 91.1 cm³/mol. The Kier molecular flexibility index (Phi) is 4.02. The minimum absolute atomic E-state index is 0.394. The molecule has 1 aromatic carbocycles. The normalized spacial score (nSPS) is 15.4. The number of hydrogen-bond acceptors (Lipinski definition) is 4. The first-order valence-corrected chi connectivity index (χ1v) is 8.15. The summed E-state index contributed by atoms with van der Waals surface area (Å²) in [7, 11) is 0. The van der Waals surface area contributed by atoms with E-state index in [1.165, 1.54) is 6.20 Å². The van der Waals surface area contributed by atoms with E-state index in [0.717, 1.165) is 14.8 Å². The average molecular weight is 377 g/mol. The van der Waals surface area contributed by atoms with Crippen LogP contribution in [0.25, 0.3) is 0 Å².